The molecule has 0 aromatic carbocycles. The number of aromatic amines is 1. The molecule has 0 bridgehead atoms. The number of H-pyrrole nitrogens is 1. The normalized spacial score (nSPS) is 12.8. The zero-order chi connectivity index (χ0) is 14.5. The third kappa shape index (κ3) is 5.38. The minimum atomic E-state index is -4.36. The number of alkyl halides is 3. The number of nitrogens with one attached hydrogen (secondary N) is 3. The minimum absolute atomic E-state index is 0.140. The Kier molecular flexibility index (Phi) is 5.64. The predicted molar refractivity (Wildman–Crippen MR) is 65.1 cm³/mol. The van der Waals surface area contributed by atoms with Gasteiger partial charge in [-0.3, -0.25) is 5.10 Å². The van der Waals surface area contributed by atoms with Crippen molar-refractivity contribution in [2.24, 2.45) is 0 Å². The van der Waals surface area contributed by atoms with Gasteiger partial charge in [-0.05, 0) is 18.8 Å². The maximum atomic E-state index is 11.9. The summed E-state index contributed by atoms with van der Waals surface area (Å²) in [4.78, 5) is 0. The van der Waals surface area contributed by atoms with Gasteiger partial charge >= 0.3 is 5.51 Å². The van der Waals surface area contributed by atoms with Gasteiger partial charge < -0.3 is 5.32 Å². The molecule has 19 heavy (non-hydrogen) atoms. The lowest BCUT2D eigenvalue weighted by molar-refractivity contribution is -0.0327. The highest BCUT2D eigenvalue weighted by atomic mass is 32.2. The molecule has 0 atom stereocenters. The van der Waals surface area contributed by atoms with Crippen molar-refractivity contribution < 1.29 is 21.6 Å². The molecule has 110 valence electrons. The summed E-state index contributed by atoms with van der Waals surface area (Å²) in [5, 5.41) is 8.55. The van der Waals surface area contributed by atoms with Crippen LogP contribution in [-0.2, 0) is 16.6 Å². The van der Waals surface area contributed by atoms with E-state index in [4.69, 9.17) is 0 Å². The summed E-state index contributed by atoms with van der Waals surface area (Å²) in [5.41, 5.74) is -3.95. The van der Waals surface area contributed by atoms with E-state index in [1.54, 1.807) is 7.05 Å². The van der Waals surface area contributed by atoms with Gasteiger partial charge in [0.05, 0.1) is 6.20 Å². The number of nitrogens with zero attached hydrogens (tertiary/aromatic N) is 1. The largest absolute Gasteiger partial charge is 0.441 e. The van der Waals surface area contributed by atoms with Crippen molar-refractivity contribution in [2.75, 3.05) is 19.3 Å². The molecule has 0 aliphatic carbocycles. The van der Waals surface area contributed by atoms with Crippen molar-refractivity contribution >= 4 is 21.8 Å². The Labute approximate surface area is 112 Å². The van der Waals surface area contributed by atoms with Gasteiger partial charge in [-0.1, -0.05) is 0 Å². The number of sulfonamides is 1. The highest BCUT2D eigenvalue weighted by Crippen LogP contribution is 2.29. The van der Waals surface area contributed by atoms with Crippen molar-refractivity contribution in [2.45, 2.75) is 17.1 Å². The predicted octanol–water partition coefficient (Wildman–Crippen LogP) is 0.660. The van der Waals surface area contributed by atoms with Crippen LogP contribution in [0.25, 0.3) is 0 Å². The molecule has 1 aromatic heterocycles. The highest BCUT2D eigenvalue weighted by molar-refractivity contribution is 8.00. The van der Waals surface area contributed by atoms with E-state index >= 15 is 0 Å². The van der Waals surface area contributed by atoms with E-state index in [0.717, 1.165) is 0 Å². The van der Waals surface area contributed by atoms with Gasteiger partial charge in [0.15, 0.2) is 5.03 Å². The molecule has 0 saturated carbocycles. The summed E-state index contributed by atoms with van der Waals surface area (Å²) in [6.45, 7) is -0.0332. The Hall–Kier alpha value is -0.780. The average molecular weight is 318 g/mol. The fourth-order valence-corrected chi connectivity index (χ4v) is 2.99. The number of thioether (sulfide) groups is 1. The summed E-state index contributed by atoms with van der Waals surface area (Å²) in [7, 11) is -2.24. The smallest absolute Gasteiger partial charge is 0.316 e. The van der Waals surface area contributed by atoms with Crippen LogP contribution in [0.4, 0.5) is 13.2 Å². The number of aromatic nitrogens is 2. The molecule has 0 unspecified atom stereocenters. The molecule has 1 aromatic rings. The first-order valence-corrected chi connectivity index (χ1v) is 7.60. The Morgan fingerprint density at radius 2 is 2.16 bits per heavy atom. The first-order chi connectivity index (χ1) is 8.76. The summed E-state index contributed by atoms with van der Waals surface area (Å²) in [6, 6.07) is 0. The molecule has 6 nitrogen and oxygen atoms in total. The fourth-order valence-electron chi connectivity index (χ4n) is 1.26. The zero-order valence-corrected chi connectivity index (χ0v) is 11.5. The van der Waals surface area contributed by atoms with Crippen LogP contribution in [0, 0.1) is 0 Å². The molecular weight excluding hydrogens is 305 g/mol. The second-order valence-corrected chi connectivity index (χ2v) is 6.31. The van der Waals surface area contributed by atoms with Gasteiger partial charge in [0.1, 0.15) is 0 Å². The average Bonchev–Trinajstić information content (AvgIpc) is 2.73. The van der Waals surface area contributed by atoms with Gasteiger partial charge in [-0.25, -0.2) is 13.1 Å². The van der Waals surface area contributed by atoms with Gasteiger partial charge in [0.2, 0.25) is 0 Å². The topological polar surface area (TPSA) is 86.9 Å². The minimum Gasteiger partial charge on any atom is -0.316 e. The molecule has 3 N–H and O–H groups in total. The maximum Gasteiger partial charge on any atom is 0.441 e. The van der Waals surface area contributed by atoms with E-state index in [9.17, 15) is 21.6 Å². The Bertz CT molecular complexity index is 500. The number of rotatable bonds is 7. The standard InChI is InChI=1S/C8H13F3N4O2S2/c1-12-4-6-5-13-15-7(6)19(16,17)14-2-3-18-8(9,10)11/h5,12,14H,2-4H2,1H3,(H,13,15). The van der Waals surface area contributed by atoms with E-state index in [2.05, 4.69) is 20.2 Å². The number of hydrogen-bond donors (Lipinski definition) is 3. The molecular formula is C8H13F3N4O2S2. The van der Waals surface area contributed by atoms with Gasteiger partial charge in [0, 0.05) is 24.4 Å². The Morgan fingerprint density at radius 1 is 1.47 bits per heavy atom. The van der Waals surface area contributed by atoms with Crippen molar-refractivity contribution in [3.63, 3.8) is 0 Å². The van der Waals surface area contributed by atoms with Crippen molar-refractivity contribution in [3.8, 4) is 0 Å². The van der Waals surface area contributed by atoms with Gasteiger partial charge in [0.25, 0.3) is 10.0 Å². The Balaban J connectivity index is 2.58. The van der Waals surface area contributed by atoms with Crippen LogP contribution in [-0.4, -0.2) is 43.5 Å². The van der Waals surface area contributed by atoms with E-state index < -0.39 is 21.3 Å². The van der Waals surface area contributed by atoms with Crippen LogP contribution in [0.1, 0.15) is 5.56 Å². The quantitative estimate of drug-likeness (QED) is 0.643. The van der Waals surface area contributed by atoms with Crippen molar-refractivity contribution in [3.05, 3.63) is 11.8 Å². The molecule has 0 aliphatic rings. The first kappa shape index (κ1) is 16.3. The summed E-state index contributed by atoms with van der Waals surface area (Å²) < 4.78 is 61.3. The lowest BCUT2D eigenvalue weighted by atomic mass is 10.4. The summed E-state index contributed by atoms with van der Waals surface area (Å²) in [6.07, 6.45) is 1.34. The van der Waals surface area contributed by atoms with Gasteiger partial charge in [-0.15, -0.1) is 0 Å². The van der Waals surface area contributed by atoms with Crippen LogP contribution in [0.5, 0.6) is 0 Å². The van der Waals surface area contributed by atoms with Crippen LogP contribution in [0.2, 0.25) is 0 Å². The molecule has 11 heteroatoms. The van der Waals surface area contributed by atoms with Crippen molar-refractivity contribution in [1.29, 1.82) is 0 Å². The third-order valence-electron chi connectivity index (χ3n) is 1.97. The molecule has 0 aliphatic heterocycles. The van der Waals surface area contributed by atoms with Crippen LogP contribution >= 0.6 is 11.8 Å². The fraction of sp³-hybridized carbons (Fsp3) is 0.625. The second-order valence-electron chi connectivity index (χ2n) is 3.45. The maximum absolute atomic E-state index is 11.9. The Morgan fingerprint density at radius 3 is 2.74 bits per heavy atom. The first-order valence-electron chi connectivity index (χ1n) is 5.13. The highest BCUT2D eigenvalue weighted by Gasteiger charge is 2.28. The van der Waals surface area contributed by atoms with E-state index in [1.165, 1.54) is 6.20 Å². The van der Waals surface area contributed by atoms with E-state index in [0.29, 0.717) is 5.56 Å². The second kappa shape index (κ2) is 6.59. The molecule has 0 saturated heterocycles. The SMILES string of the molecule is CNCc1cn[nH]c1S(=O)(=O)NCCSC(F)(F)F. The number of halogens is 3. The summed E-state index contributed by atoms with van der Waals surface area (Å²) >= 11 is -0.279. The lowest BCUT2D eigenvalue weighted by Crippen LogP contribution is -2.28. The molecule has 0 amide bonds. The van der Waals surface area contributed by atoms with Gasteiger partial charge in [-0.2, -0.15) is 18.3 Å². The molecule has 1 heterocycles. The van der Waals surface area contributed by atoms with Crippen LogP contribution in [0.3, 0.4) is 0 Å². The van der Waals surface area contributed by atoms with Crippen molar-refractivity contribution in [1.82, 2.24) is 20.2 Å². The molecule has 0 radical (unpaired) electrons. The molecule has 1 rings (SSSR count). The lowest BCUT2D eigenvalue weighted by Gasteiger charge is -2.08. The molecule has 0 spiro atoms. The number of hydrogen-bond acceptors (Lipinski definition) is 5. The summed E-state index contributed by atoms with van der Waals surface area (Å²) in [5.74, 6) is -0.391. The van der Waals surface area contributed by atoms with Crippen LogP contribution in [0.15, 0.2) is 11.2 Å². The molecule has 0 fully saturated rings. The van der Waals surface area contributed by atoms with E-state index in [1.807, 2.05) is 0 Å². The van der Waals surface area contributed by atoms with E-state index in [-0.39, 0.29) is 29.9 Å². The zero-order valence-electron chi connectivity index (χ0n) is 9.91. The monoisotopic (exact) mass is 318 g/mol. The van der Waals surface area contributed by atoms with Crippen LogP contribution < -0.4 is 10.0 Å². The third-order valence-corrected chi connectivity index (χ3v) is 4.18.